The van der Waals surface area contributed by atoms with E-state index in [4.69, 9.17) is 4.42 Å². The number of likely N-dealkylation sites (tertiary alicyclic amines) is 1. The summed E-state index contributed by atoms with van der Waals surface area (Å²) in [5, 5.41) is 6.16. The second-order valence-corrected chi connectivity index (χ2v) is 5.90. The maximum Gasteiger partial charge on any atom is 0.434 e. The van der Waals surface area contributed by atoms with Crippen molar-refractivity contribution >= 4 is 17.1 Å². The first-order chi connectivity index (χ1) is 11.6. The van der Waals surface area contributed by atoms with Gasteiger partial charge in [-0.1, -0.05) is 0 Å². The second-order valence-electron chi connectivity index (χ2n) is 5.90. The number of imidazole rings is 1. The van der Waals surface area contributed by atoms with E-state index >= 15 is 0 Å². The van der Waals surface area contributed by atoms with Gasteiger partial charge in [-0.2, -0.15) is 0 Å². The molecule has 0 saturated carbocycles. The summed E-state index contributed by atoms with van der Waals surface area (Å²) in [6.07, 6.45) is 4.69. The topological polar surface area (TPSA) is 110 Å². The number of piperidine rings is 1. The van der Waals surface area contributed by atoms with Crippen molar-refractivity contribution in [3.63, 3.8) is 0 Å². The van der Waals surface area contributed by atoms with E-state index in [1.54, 1.807) is 28.1 Å². The molecule has 9 nitrogen and oxygen atoms in total. The lowest BCUT2D eigenvalue weighted by atomic mass is 9.96. The average molecular weight is 328 g/mol. The molecule has 1 amide bonds. The molecule has 0 radical (unpaired) electrons. The zero-order valence-electron chi connectivity index (χ0n) is 13.1. The van der Waals surface area contributed by atoms with Crippen molar-refractivity contribution in [2.45, 2.75) is 18.8 Å². The van der Waals surface area contributed by atoms with Gasteiger partial charge < -0.3 is 13.9 Å². The quantitative estimate of drug-likeness (QED) is 0.740. The van der Waals surface area contributed by atoms with Crippen LogP contribution in [0.4, 0.5) is 0 Å². The van der Waals surface area contributed by atoms with Crippen molar-refractivity contribution in [1.82, 2.24) is 29.6 Å². The minimum Gasteiger partial charge on any atom is -0.392 e. The van der Waals surface area contributed by atoms with Crippen LogP contribution >= 0.6 is 0 Å². The minimum atomic E-state index is -0.544. The highest BCUT2D eigenvalue weighted by Gasteiger charge is 2.28. The average Bonchev–Trinajstić information content (AvgIpc) is 3.21. The number of aromatic amines is 1. The van der Waals surface area contributed by atoms with E-state index in [0.717, 1.165) is 0 Å². The summed E-state index contributed by atoms with van der Waals surface area (Å²) in [5.74, 6) is -0.121. The Morgan fingerprint density at radius 1 is 1.33 bits per heavy atom. The fourth-order valence-corrected chi connectivity index (χ4v) is 3.12. The molecule has 0 atom stereocenters. The number of aryl methyl sites for hydroxylation is 1. The molecule has 0 unspecified atom stereocenters. The number of aromatic nitrogens is 5. The Kier molecular flexibility index (Phi) is 3.40. The van der Waals surface area contributed by atoms with E-state index in [-0.39, 0.29) is 11.8 Å². The van der Waals surface area contributed by atoms with E-state index in [1.807, 2.05) is 7.05 Å². The predicted molar refractivity (Wildman–Crippen MR) is 83.5 cm³/mol. The van der Waals surface area contributed by atoms with Crippen molar-refractivity contribution in [2.24, 2.45) is 7.05 Å². The summed E-state index contributed by atoms with van der Waals surface area (Å²) in [6, 6.07) is 1.70. The van der Waals surface area contributed by atoms with Crippen LogP contribution in [0.15, 0.2) is 27.8 Å². The molecule has 0 spiro atoms. The second kappa shape index (κ2) is 5.59. The number of H-pyrrole nitrogens is 1. The van der Waals surface area contributed by atoms with Crippen LogP contribution in [0, 0.1) is 0 Å². The SMILES string of the molecule is Cn1cnc2c(C(=O)N3CCC(c4n[nH]c(=O)o4)CC3)ccnc21. The summed E-state index contributed by atoms with van der Waals surface area (Å²) in [6.45, 7) is 1.16. The number of amides is 1. The van der Waals surface area contributed by atoms with Crippen LogP contribution in [0.2, 0.25) is 0 Å². The van der Waals surface area contributed by atoms with Crippen molar-refractivity contribution in [2.75, 3.05) is 13.1 Å². The van der Waals surface area contributed by atoms with E-state index in [0.29, 0.717) is 48.5 Å². The molecule has 1 N–H and O–H groups in total. The van der Waals surface area contributed by atoms with E-state index in [9.17, 15) is 9.59 Å². The summed E-state index contributed by atoms with van der Waals surface area (Å²) < 4.78 is 6.81. The van der Waals surface area contributed by atoms with Gasteiger partial charge in [0.15, 0.2) is 5.65 Å². The third-order valence-electron chi connectivity index (χ3n) is 4.42. The largest absolute Gasteiger partial charge is 0.434 e. The van der Waals surface area contributed by atoms with Crippen LogP contribution in [0.3, 0.4) is 0 Å². The molecule has 4 heterocycles. The Morgan fingerprint density at radius 2 is 2.12 bits per heavy atom. The van der Waals surface area contributed by atoms with Gasteiger partial charge in [0.1, 0.15) is 5.52 Å². The Balaban J connectivity index is 1.52. The van der Waals surface area contributed by atoms with Crippen molar-refractivity contribution in [1.29, 1.82) is 0 Å². The van der Waals surface area contributed by atoms with Gasteiger partial charge >= 0.3 is 5.76 Å². The Bertz CT molecular complexity index is 947. The van der Waals surface area contributed by atoms with Crippen molar-refractivity contribution < 1.29 is 9.21 Å². The number of rotatable bonds is 2. The predicted octanol–water partition coefficient (Wildman–Crippen LogP) is 0.664. The van der Waals surface area contributed by atoms with E-state index in [2.05, 4.69) is 20.2 Å². The lowest BCUT2D eigenvalue weighted by molar-refractivity contribution is 0.0707. The molecular formula is C15H16N6O3. The zero-order chi connectivity index (χ0) is 16.7. The van der Waals surface area contributed by atoms with Crippen molar-refractivity contribution in [3.05, 3.63) is 40.6 Å². The van der Waals surface area contributed by atoms with Crippen LogP contribution in [0.5, 0.6) is 0 Å². The molecule has 1 aliphatic rings. The van der Waals surface area contributed by atoms with Gasteiger partial charge in [-0.3, -0.25) is 4.79 Å². The molecule has 3 aromatic rings. The molecule has 4 rings (SSSR count). The maximum absolute atomic E-state index is 12.8. The van der Waals surface area contributed by atoms with Crippen LogP contribution < -0.4 is 5.76 Å². The van der Waals surface area contributed by atoms with Gasteiger partial charge in [0.05, 0.1) is 11.9 Å². The van der Waals surface area contributed by atoms with E-state index in [1.165, 1.54) is 0 Å². The number of fused-ring (bicyclic) bond motifs is 1. The molecule has 24 heavy (non-hydrogen) atoms. The van der Waals surface area contributed by atoms with E-state index < -0.39 is 5.76 Å². The van der Waals surface area contributed by atoms with Crippen LogP contribution in [0.25, 0.3) is 11.2 Å². The summed E-state index contributed by atoms with van der Waals surface area (Å²) in [7, 11) is 1.85. The highest BCUT2D eigenvalue weighted by Crippen LogP contribution is 2.27. The first-order valence-corrected chi connectivity index (χ1v) is 7.74. The monoisotopic (exact) mass is 328 g/mol. The lowest BCUT2D eigenvalue weighted by Gasteiger charge is -2.30. The first kappa shape index (κ1) is 14.6. The first-order valence-electron chi connectivity index (χ1n) is 7.74. The number of hydrogen-bond acceptors (Lipinski definition) is 6. The Labute approximate surface area is 136 Å². The number of nitrogens with one attached hydrogen (secondary N) is 1. The molecular weight excluding hydrogens is 312 g/mol. The number of carbonyl (C=O) groups excluding carboxylic acids is 1. The van der Waals surface area contributed by atoms with Gasteiger partial charge in [-0.15, -0.1) is 5.10 Å². The fourth-order valence-electron chi connectivity index (χ4n) is 3.12. The van der Waals surface area contributed by atoms with Crippen LogP contribution in [-0.2, 0) is 7.05 Å². The molecule has 0 bridgehead atoms. The van der Waals surface area contributed by atoms with Crippen molar-refractivity contribution in [3.8, 4) is 0 Å². The Morgan fingerprint density at radius 3 is 2.83 bits per heavy atom. The molecule has 0 aromatic carbocycles. The summed E-state index contributed by atoms with van der Waals surface area (Å²) >= 11 is 0. The molecule has 0 aliphatic carbocycles. The zero-order valence-corrected chi connectivity index (χ0v) is 13.1. The maximum atomic E-state index is 12.8. The Hall–Kier alpha value is -2.97. The third-order valence-corrected chi connectivity index (χ3v) is 4.42. The molecule has 3 aromatic heterocycles. The molecule has 9 heteroatoms. The lowest BCUT2D eigenvalue weighted by Crippen LogP contribution is -2.38. The smallest absolute Gasteiger partial charge is 0.392 e. The van der Waals surface area contributed by atoms with Crippen LogP contribution in [0.1, 0.15) is 35.0 Å². The standard InChI is InChI=1S/C15H16N6O3/c1-20-8-17-11-10(2-5-16-12(11)20)14(22)21-6-3-9(4-7-21)13-18-19-15(23)24-13/h2,5,8-9H,3-4,6-7H2,1H3,(H,19,23). The van der Waals surface area contributed by atoms with Gasteiger partial charge in [-0.05, 0) is 18.9 Å². The highest BCUT2D eigenvalue weighted by molar-refractivity contribution is 6.04. The normalized spacial score (nSPS) is 16.0. The summed E-state index contributed by atoms with van der Waals surface area (Å²) in [5.41, 5.74) is 1.87. The highest BCUT2D eigenvalue weighted by atomic mass is 16.4. The number of hydrogen-bond donors (Lipinski definition) is 1. The van der Waals surface area contributed by atoms with Gasteiger partial charge in [-0.25, -0.2) is 19.9 Å². The molecule has 124 valence electrons. The number of pyridine rings is 1. The summed E-state index contributed by atoms with van der Waals surface area (Å²) in [4.78, 5) is 34.2. The van der Waals surface area contributed by atoms with Gasteiger partial charge in [0, 0.05) is 32.3 Å². The number of carbonyl (C=O) groups is 1. The van der Waals surface area contributed by atoms with Gasteiger partial charge in [0.2, 0.25) is 5.89 Å². The molecule has 1 saturated heterocycles. The fraction of sp³-hybridized carbons (Fsp3) is 0.400. The minimum absolute atomic E-state index is 0.0527. The van der Waals surface area contributed by atoms with Crippen LogP contribution in [-0.4, -0.2) is 48.6 Å². The molecule has 1 fully saturated rings. The molecule has 1 aliphatic heterocycles. The van der Waals surface area contributed by atoms with Gasteiger partial charge in [0.25, 0.3) is 5.91 Å². The third kappa shape index (κ3) is 2.38. The number of nitrogens with zero attached hydrogens (tertiary/aromatic N) is 5.